The molecule has 0 aliphatic carbocycles. The first-order valence-electron chi connectivity index (χ1n) is 6.71. The third-order valence-corrected chi connectivity index (χ3v) is 4.01. The number of carboxylic acids is 1. The van der Waals surface area contributed by atoms with E-state index in [4.69, 9.17) is 5.11 Å². The molecule has 1 aliphatic rings. The molecule has 20 heavy (non-hydrogen) atoms. The number of para-hydroxylation sites is 1. The van der Waals surface area contributed by atoms with Gasteiger partial charge in [0.05, 0.1) is 10.8 Å². The summed E-state index contributed by atoms with van der Waals surface area (Å²) in [5.74, 6) is -1.03. The molecule has 1 atom stereocenters. The number of hydrogen-bond acceptors (Lipinski definition) is 4. The van der Waals surface area contributed by atoms with Gasteiger partial charge in [-0.3, -0.25) is 19.8 Å². The molecule has 0 amide bonds. The third kappa shape index (κ3) is 2.96. The number of carbonyl (C=O) groups is 1. The Morgan fingerprint density at radius 3 is 2.55 bits per heavy atom. The standard InChI is InChI=1S/C14H18N2O4/c1-10(12-4-2-3-5-13(12)16(19)20)15-8-6-11(7-9-15)14(17)18/h2-5,10-11H,6-9H2,1H3,(H,17,18). The van der Waals surface area contributed by atoms with Crippen molar-refractivity contribution in [2.45, 2.75) is 25.8 Å². The molecule has 0 spiro atoms. The molecule has 0 aromatic heterocycles. The van der Waals surface area contributed by atoms with Gasteiger partial charge < -0.3 is 5.11 Å². The zero-order valence-electron chi connectivity index (χ0n) is 11.4. The van der Waals surface area contributed by atoms with Crippen LogP contribution in [0.5, 0.6) is 0 Å². The minimum Gasteiger partial charge on any atom is -0.481 e. The van der Waals surface area contributed by atoms with Crippen molar-refractivity contribution in [1.82, 2.24) is 4.90 Å². The highest BCUT2D eigenvalue weighted by molar-refractivity contribution is 5.70. The van der Waals surface area contributed by atoms with Gasteiger partial charge in [0, 0.05) is 17.7 Å². The molecule has 1 heterocycles. The molecule has 0 bridgehead atoms. The minimum absolute atomic E-state index is 0.0775. The van der Waals surface area contributed by atoms with E-state index in [1.807, 2.05) is 6.92 Å². The quantitative estimate of drug-likeness (QED) is 0.675. The lowest BCUT2D eigenvalue weighted by molar-refractivity contribution is -0.386. The topological polar surface area (TPSA) is 83.7 Å². The summed E-state index contributed by atoms with van der Waals surface area (Å²) < 4.78 is 0. The predicted octanol–water partition coefficient (Wildman–Crippen LogP) is 2.45. The van der Waals surface area contributed by atoms with Crippen molar-refractivity contribution in [2.75, 3.05) is 13.1 Å². The molecule has 0 saturated carbocycles. The van der Waals surface area contributed by atoms with Crippen LogP contribution >= 0.6 is 0 Å². The van der Waals surface area contributed by atoms with Gasteiger partial charge in [-0.05, 0) is 32.9 Å². The molecular weight excluding hydrogens is 260 g/mol. The van der Waals surface area contributed by atoms with Crippen molar-refractivity contribution in [3.8, 4) is 0 Å². The Balaban J connectivity index is 2.11. The van der Waals surface area contributed by atoms with Gasteiger partial charge in [0.1, 0.15) is 0 Å². The number of rotatable bonds is 4. The third-order valence-electron chi connectivity index (χ3n) is 4.01. The highest BCUT2D eigenvalue weighted by Crippen LogP contribution is 2.31. The van der Waals surface area contributed by atoms with Crippen LogP contribution in [-0.2, 0) is 4.79 Å². The Bertz CT molecular complexity index is 510. The molecule has 6 nitrogen and oxygen atoms in total. The number of benzene rings is 1. The van der Waals surface area contributed by atoms with Gasteiger partial charge in [0.2, 0.25) is 0 Å². The van der Waals surface area contributed by atoms with E-state index in [1.165, 1.54) is 6.07 Å². The zero-order valence-corrected chi connectivity index (χ0v) is 11.4. The van der Waals surface area contributed by atoms with Crippen molar-refractivity contribution in [3.05, 3.63) is 39.9 Å². The van der Waals surface area contributed by atoms with Crippen LogP contribution in [0.1, 0.15) is 31.4 Å². The van der Waals surface area contributed by atoms with Crippen molar-refractivity contribution in [1.29, 1.82) is 0 Å². The van der Waals surface area contributed by atoms with E-state index >= 15 is 0 Å². The second kappa shape index (κ2) is 6.00. The smallest absolute Gasteiger partial charge is 0.306 e. The van der Waals surface area contributed by atoms with Gasteiger partial charge in [-0.25, -0.2) is 0 Å². The van der Waals surface area contributed by atoms with E-state index < -0.39 is 5.97 Å². The van der Waals surface area contributed by atoms with Crippen molar-refractivity contribution in [2.24, 2.45) is 5.92 Å². The normalized spacial score (nSPS) is 18.6. The van der Waals surface area contributed by atoms with Crippen LogP contribution in [0.2, 0.25) is 0 Å². The largest absolute Gasteiger partial charge is 0.481 e. The molecule has 0 radical (unpaired) electrons. The highest BCUT2D eigenvalue weighted by Gasteiger charge is 2.29. The maximum Gasteiger partial charge on any atom is 0.306 e. The number of carboxylic acid groups (broad SMARTS) is 1. The first-order valence-corrected chi connectivity index (χ1v) is 6.71. The summed E-state index contributed by atoms with van der Waals surface area (Å²) in [5.41, 5.74) is 0.812. The van der Waals surface area contributed by atoms with Crippen molar-refractivity contribution >= 4 is 11.7 Å². The Morgan fingerprint density at radius 2 is 2.00 bits per heavy atom. The molecule has 2 rings (SSSR count). The second-order valence-corrected chi connectivity index (χ2v) is 5.14. The van der Waals surface area contributed by atoms with Crippen molar-refractivity contribution in [3.63, 3.8) is 0 Å². The first kappa shape index (κ1) is 14.5. The number of nitro benzene ring substituents is 1. The number of likely N-dealkylation sites (tertiary alicyclic amines) is 1. The van der Waals surface area contributed by atoms with Crippen LogP contribution in [0.3, 0.4) is 0 Å². The molecule has 1 N–H and O–H groups in total. The van der Waals surface area contributed by atoms with Crippen LogP contribution < -0.4 is 0 Å². The monoisotopic (exact) mass is 278 g/mol. The Morgan fingerprint density at radius 1 is 1.40 bits per heavy atom. The Hall–Kier alpha value is -1.95. The van der Waals surface area contributed by atoms with E-state index in [0.717, 1.165) is 0 Å². The highest BCUT2D eigenvalue weighted by atomic mass is 16.6. The van der Waals surface area contributed by atoms with E-state index in [1.54, 1.807) is 18.2 Å². The average Bonchev–Trinajstić information content (AvgIpc) is 2.46. The van der Waals surface area contributed by atoms with Gasteiger partial charge in [-0.2, -0.15) is 0 Å². The maximum absolute atomic E-state index is 11.1. The lowest BCUT2D eigenvalue weighted by Gasteiger charge is -2.34. The van der Waals surface area contributed by atoms with Crippen molar-refractivity contribution < 1.29 is 14.8 Å². The molecule has 1 saturated heterocycles. The fourth-order valence-corrected chi connectivity index (χ4v) is 2.74. The van der Waals surface area contributed by atoms with Crippen LogP contribution in [0.4, 0.5) is 5.69 Å². The van der Waals surface area contributed by atoms with E-state index in [-0.39, 0.29) is 22.6 Å². The predicted molar refractivity (Wildman–Crippen MR) is 73.4 cm³/mol. The lowest BCUT2D eigenvalue weighted by Crippen LogP contribution is -2.38. The molecule has 1 aliphatic heterocycles. The summed E-state index contributed by atoms with van der Waals surface area (Å²) in [4.78, 5) is 23.7. The molecule has 6 heteroatoms. The first-order chi connectivity index (χ1) is 9.50. The van der Waals surface area contributed by atoms with Gasteiger partial charge in [-0.15, -0.1) is 0 Å². The fraction of sp³-hybridized carbons (Fsp3) is 0.500. The van der Waals surface area contributed by atoms with Crippen LogP contribution in [-0.4, -0.2) is 34.0 Å². The summed E-state index contributed by atoms with van der Waals surface area (Å²) in [5, 5.41) is 20.0. The lowest BCUT2D eigenvalue weighted by atomic mass is 9.94. The van der Waals surface area contributed by atoms with Crippen LogP contribution in [0.25, 0.3) is 0 Å². The van der Waals surface area contributed by atoms with Gasteiger partial charge in [0.25, 0.3) is 5.69 Å². The summed E-state index contributed by atoms with van der Waals surface area (Å²) in [7, 11) is 0. The molecule has 1 aromatic rings. The van der Waals surface area contributed by atoms with E-state index in [0.29, 0.717) is 31.5 Å². The Labute approximate surface area is 117 Å². The summed E-state index contributed by atoms with van der Waals surface area (Å²) in [6, 6.07) is 6.65. The Kier molecular flexibility index (Phi) is 4.34. The minimum atomic E-state index is -0.747. The number of aliphatic carboxylic acids is 1. The summed E-state index contributed by atoms with van der Waals surface area (Å²) in [6.07, 6.45) is 1.20. The summed E-state index contributed by atoms with van der Waals surface area (Å²) >= 11 is 0. The molecule has 108 valence electrons. The SMILES string of the molecule is CC(c1ccccc1[N+](=O)[O-])N1CCC(C(=O)O)CC1. The van der Waals surface area contributed by atoms with Crippen LogP contribution in [0.15, 0.2) is 24.3 Å². The average molecular weight is 278 g/mol. The molecule has 1 fully saturated rings. The number of nitro groups is 1. The fourth-order valence-electron chi connectivity index (χ4n) is 2.74. The van der Waals surface area contributed by atoms with Gasteiger partial charge >= 0.3 is 5.97 Å². The van der Waals surface area contributed by atoms with Gasteiger partial charge in [0.15, 0.2) is 0 Å². The molecule has 1 aromatic carbocycles. The van der Waals surface area contributed by atoms with Gasteiger partial charge in [-0.1, -0.05) is 18.2 Å². The van der Waals surface area contributed by atoms with E-state index in [9.17, 15) is 14.9 Å². The number of nitrogens with zero attached hydrogens (tertiary/aromatic N) is 2. The number of piperidine rings is 1. The summed E-state index contributed by atoms with van der Waals surface area (Å²) in [6.45, 7) is 3.25. The molecular formula is C14H18N2O4. The second-order valence-electron chi connectivity index (χ2n) is 5.14. The number of hydrogen-bond donors (Lipinski definition) is 1. The molecule has 1 unspecified atom stereocenters. The van der Waals surface area contributed by atoms with Crippen LogP contribution in [0, 0.1) is 16.0 Å². The van der Waals surface area contributed by atoms with E-state index in [2.05, 4.69) is 4.90 Å². The maximum atomic E-state index is 11.1. The zero-order chi connectivity index (χ0) is 14.7.